The number of likely N-dealkylation sites (tertiary alicyclic amines) is 1. The number of hydrogen-bond acceptors (Lipinski definition) is 3. The van der Waals surface area contributed by atoms with Crippen molar-refractivity contribution in [3.05, 3.63) is 48.8 Å². The first kappa shape index (κ1) is 15.5. The standard InChI is InChI=1S/C17H20FN3O2/c18-15-3-5-16(6-4-15)23-12-17(22)21-8-1-2-14(11-21)10-20-9-7-19-13-20/h3-7,9,13-14H,1-2,8,10-12H2/t14-/m1/s1. The molecule has 6 heteroatoms. The molecule has 1 atom stereocenters. The minimum Gasteiger partial charge on any atom is -0.484 e. The summed E-state index contributed by atoms with van der Waals surface area (Å²) in [6.07, 6.45) is 7.63. The van der Waals surface area contributed by atoms with Gasteiger partial charge in [0, 0.05) is 32.0 Å². The third-order valence-electron chi connectivity index (χ3n) is 4.08. The molecule has 0 bridgehead atoms. The van der Waals surface area contributed by atoms with E-state index in [1.165, 1.54) is 24.3 Å². The predicted octanol–water partition coefficient (Wildman–Crippen LogP) is 2.34. The van der Waals surface area contributed by atoms with Crippen molar-refractivity contribution in [1.29, 1.82) is 0 Å². The molecule has 1 aliphatic rings. The molecule has 122 valence electrons. The molecule has 2 aromatic rings. The molecule has 1 fully saturated rings. The number of rotatable bonds is 5. The first-order valence-electron chi connectivity index (χ1n) is 7.82. The Kier molecular flexibility index (Phi) is 4.90. The van der Waals surface area contributed by atoms with Crippen molar-refractivity contribution in [2.45, 2.75) is 19.4 Å². The molecule has 0 unspecified atom stereocenters. The summed E-state index contributed by atoms with van der Waals surface area (Å²) in [4.78, 5) is 18.2. The van der Waals surface area contributed by atoms with E-state index in [-0.39, 0.29) is 18.3 Å². The number of aromatic nitrogens is 2. The topological polar surface area (TPSA) is 47.4 Å². The number of amides is 1. The molecule has 1 amide bonds. The molecule has 5 nitrogen and oxygen atoms in total. The molecule has 23 heavy (non-hydrogen) atoms. The van der Waals surface area contributed by atoms with E-state index >= 15 is 0 Å². The monoisotopic (exact) mass is 317 g/mol. The second-order valence-corrected chi connectivity index (χ2v) is 5.85. The number of carbonyl (C=O) groups is 1. The van der Waals surface area contributed by atoms with Gasteiger partial charge in [-0.05, 0) is 43.0 Å². The molecule has 1 saturated heterocycles. The Balaban J connectivity index is 1.49. The second kappa shape index (κ2) is 7.26. The number of ether oxygens (including phenoxy) is 1. The van der Waals surface area contributed by atoms with E-state index in [4.69, 9.17) is 4.74 Å². The van der Waals surface area contributed by atoms with Crippen LogP contribution in [0.1, 0.15) is 12.8 Å². The molecule has 0 N–H and O–H groups in total. The number of nitrogens with zero attached hydrogens (tertiary/aromatic N) is 3. The van der Waals surface area contributed by atoms with Crippen LogP contribution in [0.5, 0.6) is 5.75 Å². The van der Waals surface area contributed by atoms with Crippen molar-refractivity contribution in [1.82, 2.24) is 14.5 Å². The second-order valence-electron chi connectivity index (χ2n) is 5.85. The summed E-state index contributed by atoms with van der Waals surface area (Å²) in [6.45, 7) is 2.38. The molecule has 0 saturated carbocycles. The van der Waals surface area contributed by atoms with Crippen molar-refractivity contribution in [2.75, 3.05) is 19.7 Å². The molecular formula is C17H20FN3O2. The Labute approximate surface area is 134 Å². The van der Waals surface area contributed by atoms with Crippen LogP contribution in [0.15, 0.2) is 43.0 Å². The van der Waals surface area contributed by atoms with Crippen LogP contribution < -0.4 is 4.74 Å². The van der Waals surface area contributed by atoms with Gasteiger partial charge < -0.3 is 14.2 Å². The third kappa shape index (κ3) is 4.31. The fourth-order valence-corrected chi connectivity index (χ4v) is 2.90. The molecule has 1 aromatic carbocycles. The van der Waals surface area contributed by atoms with Gasteiger partial charge in [-0.25, -0.2) is 9.37 Å². The van der Waals surface area contributed by atoms with Crippen LogP contribution in [-0.4, -0.2) is 40.1 Å². The van der Waals surface area contributed by atoms with Crippen LogP contribution in [0.2, 0.25) is 0 Å². The number of halogens is 1. The Morgan fingerprint density at radius 2 is 2.17 bits per heavy atom. The van der Waals surface area contributed by atoms with E-state index in [9.17, 15) is 9.18 Å². The summed E-state index contributed by atoms with van der Waals surface area (Å²) < 4.78 is 20.3. The van der Waals surface area contributed by atoms with Crippen molar-refractivity contribution in [3.63, 3.8) is 0 Å². The van der Waals surface area contributed by atoms with Gasteiger partial charge >= 0.3 is 0 Å². The Bertz CT molecular complexity index is 628. The average Bonchev–Trinajstić information content (AvgIpc) is 3.07. The Morgan fingerprint density at radius 3 is 2.91 bits per heavy atom. The van der Waals surface area contributed by atoms with Gasteiger partial charge in [0.15, 0.2) is 6.61 Å². The molecule has 1 aliphatic heterocycles. The SMILES string of the molecule is O=C(COc1ccc(F)cc1)N1CCC[C@H](Cn2ccnc2)C1. The van der Waals surface area contributed by atoms with Gasteiger partial charge in [-0.1, -0.05) is 0 Å². The summed E-state index contributed by atoms with van der Waals surface area (Å²) in [5.74, 6) is 0.603. The smallest absolute Gasteiger partial charge is 0.260 e. The number of benzene rings is 1. The van der Waals surface area contributed by atoms with Crippen LogP contribution in [0.3, 0.4) is 0 Å². The van der Waals surface area contributed by atoms with Crippen molar-refractivity contribution < 1.29 is 13.9 Å². The van der Waals surface area contributed by atoms with Gasteiger partial charge in [0.2, 0.25) is 0 Å². The highest BCUT2D eigenvalue weighted by Gasteiger charge is 2.24. The Morgan fingerprint density at radius 1 is 1.35 bits per heavy atom. The molecule has 0 spiro atoms. The lowest BCUT2D eigenvalue weighted by atomic mass is 9.98. The molecule has 3 rings (SSSR count). The zero-order chi connectivity index (χ0) is 16.1. The maximum absolute atomic E-state index is 12.8. The van der Waals surface area contributed by atoms with Gasteiger partial charge in [-0.15, -0.1) is 0 Å². The molecular weight excluding hydrogens is 297 g/mol. The Hall–Kier alpha value is -2.37. The first-order chi connectivity index (χ1) is 11.2. The summed E-state index contributed by atoms with van der Waals surface area (Å²) in [5.41, 5.74) is 0. The van der Waals surface area contributed by atoms with E-state index in [0.717, 1.165) is 32.5 Å². The van der Waals surface area contributed by atoms with Crippen LogP contribution in [0, 0.1) is 11.7 Å². The summed E-state index contributed by atoms with van der Waals surface area (Å²) in [5, 5.41) is 0. The molecule has 0 aliphatic carbocycles. The van der Waals surface area contributed by atoms with Gasteiger partial charge in [0.1, 0.15) is 11.6 Å². The van der Waals surface area contributed by atoms with Gasteiger partial charge in [-0.2, -0.15) is 0 Å². The lowest BCUT2D eigenvalue weighted by Gasteiger charge is -2.32. The third-order valence-corrected chi connectivity index (χ3v) is 4.08. The van der Waals surface area contributed by atoms with Gasteiger partial charge in [0.25, 0.3) is 5.91 Å². The first-order valence-corrected chi connectivity index (χ1v) is 7.82. The normalized spacial score (nSPS) is 18.0. The van der Waals surface area contributed by atoms with Crippen molar-refractivity contribution in [3.8, 4) is 5.75 Å². The van der Waals surface area contributed by atoms with E-state index in [1.807, 2.05) is 15.7 Å². The highest BCUT2D eigenvalue weighted by atomic mass is 19.1. The lowest BCUT2D eigenvalue weighted by Crippen LogP contribution is -2.43. The molecule has 0 radical (unpaired) electrons. The fraction of sp³-hybridized carbons (Fsp3) is 0.412. The van der Waals surface area contributed by atoms with E-state index in [1.54, 1.807) is 12.5 Å². The summed E-state index contributed by atoms with van der Waals surface area (Å²) in [7, 11) is 0. The number of piperidine rings is 1. The maximum atomic E-state index is 12.8. The number of carbonyl (C=O) groups excluding carboxylic acids is 1. The zero-order valence-corrected chi connectivity index (χ0v) is 12.9. The minimum absolute atomic E-state index is 0.0105. The van der Waals surface area contributed by atoms with Gasteiger partial charge in [-0.3, -0.25) is 4.79 Å². The highest BCUT2D eigenvalue weighted by molar-refractivity contribution is 5.77. The van der Waals surface area contributed by atoms with E-state index < -0.39 is 0 Å². The minimum atomic E-state index is -0.318. The molecule has 1 aromatic heterocycles. The zero-order valence-electron chi connectivity index (χ0n) is 12.9. The fourth-order valence-electron chi connectivity index (χ4n) is 2.90. The maximum Gasteiger partial charge on any atom is 0.260 e. The number of hydrogen-bond donors (Lipinski definition) is 0. The van der Waals surface area contributed by atoms with E-state index in [2.05, 4.69) is 4.98 Å². The quantitative estimate of drug-likeness (QED) is 0.850. The molecule has 2 heterocycles. The highest BCUT2D eigenvalue weighted by Crippen LogP contribution is 2.19. The lowest BCUT2D eigenvalue weighted by molar-refractivity contribution is -0.135. The predicted molar refractivity (Wildman–Crippen MR) is 83.4 cm³/mol. The van der Waals surface area contributed by atoms with E-state index in [0.29, 0.717) is 11.7 Å². The van der Waals surface area contributed by atoms with Crippen LogP contribution in [-0.2, 0) is 11.3 Å². The van der Waals surface area contributed by atoms with Crippen LogP contribution in [0.4, 0.5) is 4.39 Å². The summed E-state index contributed by atoms with van der Waals surface area (Å²) in [6, 6.07) is 5.70. The van der Waals surface area contributed by atoms with Crippen molar-refractivity contribution >= 4 is 5.91 Å². The summed E-state index contributed by atoms with van der Waals surface area (Å²) >= 11 is 0. The number of imidazole rings is 1. The average molecular weight is 317 g/mol. The largest absolute Gasteiger partial charge is 0.484 e. The van der Waals surface area contributed by atoms with Gasteiger partial charge in [0.05, 0.1) is 6.33 Å². The van der Waals surface area contributed by atoms with Crippen molar-refractivity contribution in [2.24, 2.45) is 5.92 Å². The van der Waals surface area contributed by atoms with Crippen LogP contribution >= 0.6 is 0 Å². The van der Waals surface area contributed by atoms with Crippen LogP contribution in [0.25, 0.3) is 0 Å².